The van der Waals surface area contributed by atoms with Crippen molar-refractivity contribution in [3.63, 3.8) is 0 Å². The molecule has 0 spiro atoms. The minimum Gasteiger partial charge on any atom is -0.508 e. The standard InChI is InChI=1S/C17H27NO2/c1-12-8-15(17(20)9-13(12)2)11-18(3)10-14-6-4-5-7-16(14)19/h8-9,14,16,19-20H,4-7,10-11H2,1-3H3. The van der Waals surface area contributed by atoms with Crippen LogP contribution in [0.1, 0.15) is 42.4 Å². The molecule has 1 aliphatic carbocycles. The fourth-order valence-electron chi connectivity index (χ4n) is 3.14. The SMILES string of the molecule is Cc1cc(O)c(CN(C)CC2CCCCC2O)cc1C. The van der Waals surface area contributed by atoms with Gasteiger partial charge in [-0.2, -0.15) is 0 Å². The van der Waals surface area contributed by atoms with E-state index in [1.54, 1.807) is 0 Å². The van der Waals surface area contributed by atoms with Gasteiger partial charge < -0.3 is 15.1 Å². The molecule has 0 bridgehead atoms. The van der Waals surface area contributed by atoms with Crippen molar-refractivity contribution in [3.05, 3.63) is 28.8 Å². The van der Waals surface area contributed by atoms with Crippen LogP contribution in [0.3, 0.4) is 0 Å². The fraction of sp³-hybridized carbons (Fsp3) is 0.647. The molecule has 1 aliphatic rings. The summed E-state index contributed by atoms with van der Waals surface area (Å²) < 4.78 is 0. The Morgan fingerprint density at radius 1 is 1.15 bits per heavy atom. The Bertz CT molecular complexity index is 459. The quantitative estimate of drug-likeness (QED) is 0.889. The van der Waals surface area contributed by atoms with Gasteiger partial charge in [-0.3, -0.25) is 0 Å². The molecule has 1 aromatic carbocycles. The van der Waals surface area contributed by atoms with E-state index in [2.05, 4.69) is 24.9 Å². The summed E-state index contributed by atoms with van der Waals surface area (Å²) in [4.78, 5) is 2.21. The third-order valence-electron chi connectivity index (χ3n) is 4.55. The molecule has 1 saturated carbocycles. The third kappa shape index (κ3) is 3.74. The average Bonchev–Trinajstić information content (AvgIpc) is 2.39. The van der Waals surface area contributed by atoms with Crippen LogP contribution in [0.15, 0.2) is 12.1 Å². The number of aliphatic hydroxyl groups excluding tert-OH is 1. The molecule has 0 saturated heterocycles. The van der Waals surface area contributed by atoms with Crippen molar-refractivity contribution in [2.24, 2.45) is 5.92 Å². The van der Waals surface area contributed by atoms with Gasteiger partial charge in [-0.25, -0.2) is 0 Å². The predicted octanol–water partition coefficient (Wildman–Crippen LogP) is 2.99. The molecule has 2 unspecified atom stereocenters. The van der Waals surface area contributed by atoms with Crippen LogP contribution in [0.2, 0.25) is 0 Å². The van der Waals surface area contributed by atoms with Crippen LogP contribution in [0.4, 0.5) is 0 Å². The van der Waals surface area contributed by atoms with E-state index in [0.29, 0.717) is 11.7 Å². The van der Waals surface area contributed by atoms with Gasteiger partial charge in [0, 0.05) is 18.7 Å². The van der Waals surface area contributed by atoms with Gasteiger partial charge >= 0.3 is 0 Å². The van der Waals surface area contributed by atoms with E-state index in [1.165, 1.54) is 12.0 Å². The van der Waals surface area contributed by atoms with Crippen LogP contribution in [-0.4, -0.2) is 34.8 Å². The van der Waals surface area contributed by atoms with Crippen molar-refractivity contribution in [1.29, 1.82) is 0 Å². The normalized spacial score (nSPS) is 23.2. The molecular weight excluding hydrogens is 250 g/mol. The van der Waals surface area contributed by atoms with Crippen LogP contribution in [-0.2, 0) is 6.54 Å². The van der Waals surface area contributed by atoms with Gasteiger partial charge in [-0.1, -0.05) is 18.9 Å². The first-order valence-corrected chi connectivity index (χ1v) is 7.63. The smallest absolute Gasteiger partial charge is 0.120 e. The number of phenolic OH excluding ortho intramolecular Hbond substituents is 1. The lowest BCUT2D eigenvalue weighted by molar-refractivity contribution is 0.0500. The van der Waals surface area contributed by atoms with E-state index in [1.807, 2.05) is 13.0 Å². The molecule has 3 nitrogen and oxygen atoms in total. The first kappa shape index (κ1) is 15.3. The zero-order valence-corrected chi connectivity index (χ0v) is 12.9. The lowest BCUT2D eigenvalue weighted by atomic mass is 9.86. The van der Waals surface area contributed by atoms with Crippen LogP contribution >= 0.6 is 0 Å². The number of rotatable bonds is 4. The third-order valence-corrected chi connectivity index (χ3v) is 4.55. The molecule has 20 heavy (non-hydrogen) atoms. The number of benzene rings is 1. The number of aryl methyl sites for hydroxylation is 2. The number of aromatic hydroxyl groups is 1. The Balaban J connectivity index is 1.97. The van der Waals surface area contributed by atoms with Crippen molar-refractivity contribution >= 4 is 0 Å². The molecule has 3 heteroatoms. The molecular formula is C17H27NO2. The summed E-state index contributed by atoms with van der Waals surface area (Å²) in [5.74, 6) is 0.756. The van der Waals surface area contributed by atoms with Gasteiger partial charge in [-0.15, -0.1) is 0 Å². The summed E-state index contributed by atoms with van der Waals surface area (Å²) in [5, 5.41) is 20.1. The molecule has 2 atom stereocenters. The Morgan fingerprint density at radius 2 is 1.80 bits per heavy atom. The second-order valence-electron chi connectivity index (χ2n) is 6.37. The van der Waals surface area contributed by atoms with Crippen molar-refractivity contribution in [3.8, 4) is 5.75 Å². The molecule has 0 heterocycles. The van der Waals surface area contributed by atoms with Crippen LogP contribution in [0.5, 0.6) is 5.75 Å². The summed E-state index contributed by atoms with van der Waals surface area (Å²) in [5.41, 5.74) is 3.31. The molecule has 0 amide bonds. The fourth-order valence-corrected chi connectivity index (χ4v) is 3.14. The highest BCUT2D eigenvalue weighted by Gasteiger charge is 2.24. The van der Waals surface area contributed by atoms with Crippen LogP contribution in [0, 0.1) is 19.8 Å². The van der Waals surface area contributed by atoms with Gasteiger partial charge in [0.05, 0.1) is 6.10 Å². The topological polar surface area (TPSA) is 43.7 Å². The lowest BCUT2D eigenvalue weighted by Crippen LogP contribution is -2.34. The van der Waals surface area contributed by atoms with Gasteiger partial charge in [0.2, 0.25) is 0 Å². The average molecular weight is 277 g/mol. The predicted molar refractivity (Wildman–Crippen MR) is 81.9 cm³/mol. The summed E-state index contributed by atoms with van der Waals surface area (Å²) in [7, 11) is 2.07. The zero-order chi connectivity index (χ0) is 14.7. The van der Waals surface area contributed by atoms with E-state index in [0.717, 1.165) is 43.5 Å². The van der Waals surface area contributed by atoms with E-state index in [9.17, 15) is 10.2 Å². The maximum Gasteiger partial charge on any atom is 0.120 e. The number of hydrogen-bond donors (Lipinski definition) is 2. The van der Waals surface area contributed by atoms with Crippen molar-refractivity contribution in [1.82, 2.24) is 4.90 Å². The Morgan fingerprint density at radius 3 is 2.50 bits per heavy atom. The minimum absolute atomic E-state index is 0.153. The van der Waals surface area contributed by atoms with Crippen LogP contribution in [0.25, 0.3) is 0 Å². The molecule has 0 aliphatic heterocycles. The summed E-state index contributed by atoms with van der Waals surface area (Å²) >= 11 is 0. The second-order valence-corrected chi connectivity index (χ2v) is 6.37. The molecule has 1 aromatic rings. The lowest BCUT2D eigenvalue weighted by Gasteiger charge is -2.31. The highest BCUT2D eigenvalue weighted by atomic mass is 16.3. The maximum absolute atomic E-state index is 10.0. The monoisotopic (exact) mass is 277 g/mol. The summed E-state index contributed by atoms with van der Waals surface area (Å²) in [6, 6.07) is 3.91. The van der Waals surface area contributed by atoms with Gasteiger partial charge in [0.15, 0.2) is 0 Å². The van der Waals surface area contributed by atoms with E-state index >= 15 is 0 Å². The van der Waals surface area contributed by atoms with E-state index in [-0.39, 0.29) is 6.10 Å². The number of phenols is 1. The molecule has 0 radical (unpaired) electrons. The van der Waals surface area contributed by atoms with E-state index in [4.69, 9.17) is 0 Å². The Kier molecular flexibility index (Phi) is 5.06. The zero-order valence-electron chi connectivity index (χ0n) is 12.9. The van der Waals surface area contributed by atoms with Gasteiger partial charge in [0.1, 0.15) is 5.75 Å². The molecule has 2 N–H and O–H groups in total. The van der Waals surface area contributed by atoms with E-state index < -0.39 is 0 Å². The molecule has 1 fully saturated rings. The number of nitrogens with zero attached hydrogens (tertiary/aromatic N) is 1. The second kappa shape index (κ2) is 6.59. The maximum atomic E-state index is 10.0. The first-order chi connectivity index (χ1) is 9.47. The van der Waals surface area contributed by atoms with Crippen molar-refractivity contribution < 1.29 is 10.2 Å². The highest BCUT2D eigenvalue weighted by Crippen LogP contribution is 2.27. The molecule has 0 aromatic heterocycles. The largest absolute Gasteiger partial charge is 0.508 e. The van der Waals surface area contributed by atoms with Crippen molar-refractivity contribution in [2.75, 3.05) is 13.6 Å². The first-order valence-electron chi connectivity index (χ1n) is 7.63. The highest BCUT2D eigenvalue weighted by molar-refractivity contribution is 5.40. The Labute approximate surface area is 122 Å². The molecule has 2 rings (SSSR count). The minimum atomic E-state index is -0.153. The van der Waals surface area contributed by atoms with Gasteiger partial charge in [0.25, 0.3) is 0 Å². The molecule has 112 valence electrons. The summed E-state index contributed by atoms with van der Waals surface area (Å²) in [6.45, 7) is 5.72. The number of hydrogen-bond acceptors (Lipinski definition) is 3. The van der Waals surface area contributed by atoms with Crippen molar-refractivity contribution in [2.45, 2.75) is 52.2 Å². The number of aliphatic hydroxyl groups is 1. The van der Waals surface area contributed by atoms with Crippen LogP contribution < -0.4 is 0 Å². The van der Waals surface area contributed by atoms with Gasteiger partial charge in [-0.05, 0) is 56.8 Å². The summed E-state index contributed by atoms with van der Waals surface area (Å²) in [6.07, 6.45) is 4.28. The Hall–Kier alpha value is -1.06.